The van der Waals surface area contributed by atoms with Crippen molar-refractivity contribution in [1.82, 2.24) is 0 Å². The van der Waals surface area contributed by atoms with Crippen LogP contribution in [0.1, 0.15) is 16.7 Å². The van der Waals surface area contributed by atoms with Crippen molar-refractivity contribution >= 4 is 0 Å². The molecular weight excluding hydrogens is 312 g/mol. The average molecular weight is 326 g/mol. The van der Waals surface area contributed by atoms with E-state index in [1.807, 2.05) is 36.4 Å². The number of hydrogen-bond acceptors (Lipinski definition) is 4. The van der Waals surface area contributed by atoms with Crippen molar-refractivity contribution in [2.75, 3.05) is 0 Å². The second kappa shape index (κ2) is 7.68. The Hall–Kier alpha value is -3.76. The van der Waals surface area contributed by atoms with Crippen LogP contribution in [-0.2, 0) is 6.61 Å². The topological polar surface area (TPSA) is 66.0 Å². The normalized spacial score (nSPS) is 9.68. The van der Waals surface area contributed by atoms with Gasteiger partial charge in [-0.3, -0.25) is 0 Å². The summed E-state index contributed by atoms with van der Waals surface area (Å²) in [7, 11) is 0. The van der Waals surface area contributed by atoms with Crippen LogP contribution in [0.2, 0.25) is 0 Å². The van der Waals surface area contributed by atoms with Crippen molar-refractivity contribution in [3.05, 3.63) is 89.5 Å². The van der Waals surface area contributed by atoms with Crippen LogP contribution in [0.3, 0.4) is 0 Å². The highest BCUT2D eigenvalue weighted by Gasteiger charge is 2.02. The number of ether oxygens (including phenoxy) is 2. The van der Waals surface area contributed by atoms with E-state index in [1.165, 1.54) is 0 Å². The second-order valence-electron chi connectivity index (χ2n) is 5.31. The summed E-state index contributed by atoms with van der Waals surface area (Å²) in [5.74, 6) is 2.00. The lowest BCUT2D eigenvalue weighted by Crippen LogP contribution is -1.95. The Balaban J connectivity index is 1.64. The molecule has 0 saturated heterocycles. The number of rotatable bonds is 5. The minimum absolute atomic E-state index is 0.409. The van der Waals surface area contributed by atoms with Crippen molar-refractivity contribution < 1.29 is 9.47 Å². The molecule has 0 radical (unpaired) electrons. The Morgan fingerprint density at radius 1 is 0.680 bits per heavy atom. The Kier molecular flexibility index (Phi) is 4.95. The lowest BCUT2D eigenvalue weighted by molar-refractivity contribution is 0.304. The largest absolute Gasteiger partial charge is 0.489 e. The molecule has 4 heteroatoms. The molecule has 3 rings (SSSR count). The predicted molar refractivity (Wildman–Crippen MR) is 93.2 cm³/mol. The maximum Gasteiger partial charge on any atom is 0.131 e. The third kappa shape index (κ3) is 4.37. The average Bonchev–Trinajstić information content (AvgIpc) is 2.68. The summed E-state index contributed by atoms with van der Waals surface area (Å²) in [4.78, 5) is 0. The molecule has 0 aliphatic heterocycles. The predicted octanol–water partition coefficient (Wildman–Crippen LogP) is 4.80. The molecule has 0 aromatic heterocycles. The molecule has 120 valence electrons. The monoisotopic (exact) mass is 326 g/mol. The smallest absolute Gasteiger partial charge is 0.131 e. The third-order valence-electron chi connectivity index (χ3n) is 3.51. The minimum atomic E-state index is 0.409. The van der Waals surface area contributed by atoms with Gasteiger partial charge >= 0.3 is 0 Å². The van der Waals surface area contributed by atoms with Crippen LogP contribution in [0, 0.1) is 22.7 Å². The SMILES string of the molecule is N#Cc1ccc(COc2cccc(Oc3ccc(C#N)cc3)c2)cc1. The molecule has 0 aliphatic rings. The maximum absolute atomic E-state index is 8.81. The highest BCUT2D eigenvalue weighted by Crippen LogP contribution is 2.26. The van der Waals surface area contributed by atoms with Crippen molar-refractivity contribution in [3.63, 3.8) is 0 Å². The van der Waals surface area contributed by atoms with Gasteiger partial charge in [-0.25, -0.2) is 0 Å². The van der Waals surface area contributed by atoms with Gasteiger partial charge in [0.25, 0.3) is 0 Å². The minimum Gasteiger partial charge on any atom is -0.489 e. The van der Waals surface area contributed by atoms with E-state index < -0.39 is 0 Å². The van der Waals surface area contributed by atoms with E-state index in [-0.39, 0.29) is 0 Å². The highest BCUT2D eigenvalue weighted by atomic mass is 16.5. The number of hydrogen-bond donors (Lipinski definition) is 0. The zero-order valence-corrected chi connectivity index (χ0v) is 13.3. The van der Waals surface area contributed by atoms with Gasteiger partial charge in [-0.15, -0.1) is 0 Å². The summed E-state index contributed by atoms with van der Waals surface area (Å²) < 4.78 is 11.5. The fraction of sp³-hybridized carbons (Fsp3) is 0.0476. The first-order valence-corrected chi connectivity index (χ1v) is 7.67. The van der Waals surface area contributed by atoms with E-state index >= 15 is 0 Å². The first-order chi connectivity index (χ1) is 12.3. The van der Waals surface area contributed by atoms with Crippen molar-refractivity contribution in [1.29, 1.82) is 10.5 Å². The van der Waals surface area contributed by atoms with Crippen molar-refractivity contribution in [2.45, 2.75) is 6.61 Å². The Morgan fingerprint density at radius 2 is 1.28 bits per heavy atom. The lowest BCUT2D eigenvalue weighted by atomic mass is 10.2. The van der Waals surface area contributed by atoms with Gasteiger partial charge in [0, 0.05) is 6.07 Å². The molecule has 0 bridgehead atoms. The van der Waals surface area contributed by atoms with Crippen LogP contribution in [0.15, 0.2) is 72.8 Å². The van der Waals surface area contributed by atoms with E-state index in [1.54, 1.807) is 36.4 Å². The molecule has 4 nitrogen and oxygen atoms in total. The van der Waals surface area contributed by atoms with Crippen LogP contribution in [0.4, 0.5) is 0 Å². The van der Waals surface area contributed by atoms with Gasteiger partial charge in [-0.2, -0.15) is 10.5 Å². The molecule has 0 aliphatic carbocycles. The zero-order valence-electron chi connectivity index (χ0n) is 13.3. The van der Waals surface area contributed by atoms with Gasteiger partial charge in [-0.05, 0) is 54.1 Å². The number of nitriles is 2. The van der Waals surface area contributed by atoms with Crippen LogP contribution < -0.4 is 9.47 Å². The Bertz CT molecular complexity index is 933. The Labute approximate surface area is 146 Å². The summed E-state index contributed by atoms with van der Waals surface area (Å²) in [6.07, 6.45) is 0. The van der Waals surface area contributed by atoms with Gasteiger partial charge in [0.2, 0.25) is 0 Å². The number of nitrogens with zero attached hydrogens (tertiary/aromatic N) is 2. The molecule has 0 N–H and O–H groups in total. The van der Waals surface area contributed by atoms with Crippen LogP contribution in [0.5, 0.6) is 17.2 Å². The van der Waals surface area contributed by atoms with Crippen molar-refractivity contribution in [3.8, 4) is 29.4 Å². The fourth-order valence-electron chi connectivity index (χ4n) is 2.20. The lowest BCUT2D eigenvalue weighted by Gasteiger charge is -2.09. The highest BCUT2D eigenvalue weighted by molar-refractivity contribution is 5.40. The summed E-state index contributed by atoms with van der Waals surface area (Å²) in [6, 6.07) is 25.7. The summed E-state index contributed by atoms with van der Waals surface area (Å²) in [6.45, 7) is 0.409. The summed E-state index contributed by atoms with van der Waals surface area (Å²) in [5, 5.41) is 17.6. The molecule has 0 unspecified atom stereocenters. The molecule has 3 aromatic rings. The van der Waals surface area contributed by atoms with Crippen molar-refractivity contribution in [2.24, 2.45) is 0 Å². The Morgan fingerprint density at radius 3 is 1.92 bits per heavy atom. The van der Waals surface area contributed by atoms with E-state index in [9.17, 15) is 0 Å². The molecule has 0 atom stereocenters. The van der Waals surface area contributed by atoms with Gasteiger partial charge in [0.1, 0.15) is 23.9 Å². The van der Waals surface area contributed by atoms with Gasteiger partial charge < -0.3 is 9.47 Å². The third-order valence-corrected chi connectivity index (χ3v) is 3.51. The maximum atomic E-state index is 8.81. The standard InChI is InChI=1S/C21H14N2O2/c22-13-16-4-6-18(7-5-16)15-24-20-2-1-3-21(12-20)25-19-10-8-17(14-23)9-11-19/h1-12H,15H2. The molecule has 25 heavy (non-hydrogen) atoms. The first-order valence-electron chi connectivity index (χ1n) is 7.67. The summed E-state index contributed by atoms with van der Waals surface area (Å²) in [5.41, 5.74) is 2.20. The molecule has 0 heterocycles. The second-order valence-corrected chi connectivity index (χ2v) is 5.31. The first kappa shape index (κ1) is 16.1. The molecule has 0 spiro atoms. The fourth-order valence-corrected chi connectivity index (χ4v) is 2.20. The summed E-state index contributed by atoms with van der Waals surface area (Å²) >= 11 is 0. The van der Waals surface area contributed by atoms with E-state index in [0.717, 1.165) is 5.56 Å². The van der Waals surface area contributed by atoms with Gasteiger partial charge in [0.05, 0.1) is 23.3 Å². The van der Waals surface area contributed by atoms with Gasteiger partial charge in [-0.1, -0.05) is 18.2 Å². The quantitative estimate of drug-likeness (QED) is 0.675. The zero-order chi connectivity index (χ0) is 17.5. The molecule has 0 fully saturated rings. The number of benzene rings is 3. The molecule has 3 aromatic carbocycles. The van der Waals surface area contributed by atoms with Gasteiger partial charge in [0.15, 0.2) is 0 Å². The molecule has 0 saturated carbocycles. The van der Waals surface area contributed by atoms with E-state index in [4.69, 9.17) is 20.0 Å². The molecular formula is C21H14N2O2. The van der Waals surface area contributed by atoms with E-state index in [0.29, 0.717) is 35.0 Å². The van der Waals surface area contributed by atoms with Crippen LogP contribution in [0.25, 0.3) is 0 Å². The van der Waals surface area contributed by atoms with E-state index in [2.05, 4.69) is 12.1 Å². The van der Waals surface area contributed by atoms with Crippen LogP contribution >= 0.6 is 0 Å². The van der Waals surface area contributed by atoms with Crippen LogP contribution in [-0.4, -0.2) is 0 Å². The molecule has 0 amide bonds.